The van der Waals surface area contributed by atoms with Gasteiger partial charge in [-0.3, -0.25) is 0 Å². The second-order valence-corrected chi connectivity index (χ2v) is 5.86. The number of anilines is 2. The van der Waals surface area contributed by atoms with E-state index in [1.807, 2.05) is 18.2 Å². The molecule has 3 rings (SSSR count). The number of nitrogens with two attached hydrogens (primary N) is 1. The molecule has 106 valence electrons. The van der Waals surface area contributed by atoms with E-state index in [1.165, 1.54) is 32.1 Å². The Morgan fingerprint density at radius 2 is 2.00 bits per heavy atom. The molecule has 0 amide bonds. The highest BCUT2D eigenvalue weighted by Gasteiger charge is 2.17. The molecule has 0 spiro atoms. The highest BCUT2D eigenvalue weighted by molar-refractivity contribution is 5.91. The third-order valence-electron chi connectivity index (χ3n) is 4.26. The zero-order chi connectivity index (χ0) is 13.9. The van der Waals surface area contributed by atoms with Crippen LogP contribution in [0.1, 0.15) is 32.1 Å². The van der Waals surface area contributed by atoms with Gasteiger partial charge in [-0.2, -0.15) is 0 Å². The summed E-state index contributed by atoms with van der Waals surface area (Å²) in [6.45, 7) is 1.07. The zero-order valence-electron chi connectivity index (χ0n) is 12.0. The molecule has 0 aliphatic heterocycles. The van der Waals surface area contributed by atoms with E-state index in [-0.39, 0.29) is 0 Å². The van der Waals surface area contributed by atoms with Crippen LogP contribution in [0.3, 0.4) is 0 Å². The van der Waals surface area contributed by atoms with E-state index < -0.39 is 0 Å². The molecule has 20 heavy (non-hydrogen) atoms. The first-order valence-corrected chi connectivity index (χ1v) is 7.45. The summed E-state index contributed by atoms with van der Waals surface area (Å²) < 4.78 is 0. The van der Waals surface area contributed by atoms with Crippen LogP contribution in [0.2, 0.25) is 0 Å². The lowest BCUT2D eigenvalue weighted by molar-refractivity contribution is 0.362. The van der Waals surface area contributed by atoms with Gasteiger partial charge in [-0.15, -0.1) is 0 Å². The summed E-state index contributed by atoms with van der Waals surface area (Å²) in [5, 5.41) is 1.05. The average molecular weight is 270 g/mol. The number of nitrogen functional groups attached to an aromatic ring is 1. The van der Waals surface area contributed by atoms with Gasteiger partial charge >= 0.3 is 0 Å². The first kappa shape index (κ1) is 13.2. The number of hydrogen-bond donors (Lipinski definition) is 1. The van der Waals surface area contributed by atoms with Crippen molar-refractivity contribution in [1.82, 2.24) is 9.97 Å². The van der Waals surface area contributed by atoms with Crippen LogP contribution in [0.15, 0.2) is 24.5 Å². The highest BCUT2D eigenvalue weighted by atomic mass is 15.2. The van der Waals surface area contributed by atoms with Gasteiger partial charge in [0.25, 0.3) is 0 Å². The molecule has 0 unspecified atom stereocenters. The first-order valence-electron chi connectivity index (χ1n) is 7.45. The van der Waals surface area contributed by atoms with Crippen LogP contribution < -0.4 is 10.6 Å². The monoisotopic (exact) mass is 270 g/mol. The van der Waals surface area contributed by atoms with E-state index in [4.69, 9.17) is 5.73 Å². The number of rotatable bonds is 3. The standard InChI is InChI=1S/C16H22N4/c1-20(10-12-5-3-2-4-6-12)16-14-9-13(17)7-8-15(14)18-11-19-16/h7-9,11-12H,2-6,10,17H2,1H3. The van der Waals surface area contributed by atoms with Crippen LogP contribution in [-0.4, -0.2) is 23.6 Å². The Hall–Kier alpha value is -1.84. The quantitative estimate of drug-likeness (QED) is 0.870. The predicted molar refractivity (Wildman–Crippen MR) is 83.8 cm³/mol. The molecule has 1 heterocycles. The lowest BCUT2D eigenvalue weighted by Gasteiger charge is -2.28. The average Bonchev–Trinajstić information content (AvgIpc) is 2.47. The van der Waals surface area contributed by atoms with Gasteiger partial charge in [-0.1, -0.05) is 19.3 Å². The Morgan fingerprint density at radius 1 is 1.20 bits per heavy atom. The third-order valence-corrected chi connectivity index (χ3v) is 4.26. The molecule has 2 aromatic rings. The molecular formula is C16H22N4. The molecule has 1 fully saturated rings. The van der Waals surface area contributed by atoms with E-state index in [0.29, 0.717) is 0 Å². The number of nitrogens with zero attached hydrogens (tertiary/aromatic N) is 3. The van der Waals surface area contributed by atoms with Crippen LogP contribution in [0.25, 0.3) is 10.9 Å². The molecule has 0 saturated heterocycles. The van der Waals surface area contributed by atoms with E-state index in [2.05, 4.69) is 21.9 Å². The van der Waals surface area contributed by atoms with E-state index in [1.54, 1.807) is 6.33 Å². The second-order valence-electron chi connectivity index (χ2n) is 5.86. The van der Waals surface area contributed by atoms with Crippen molar-refractivity contribution in [3.63, 3.8) is 0 Å². The van der Waals surface area contributed by atoms with Gasteiger partial charge in [0, 0.05) is 24.7 Å². The second kappa shape index (κ2) is 5.65. The van der Waals surface area contributed by atoms with Crippen molar-refractivity contribution in [3.05, 3.63) is 24.5 Å². The highest BCUT2D eigenvalue weighted by Crippen LogP contribution is 2.28. The Labute approximate surface area is 120 Å². The van der Waals surface area contributed by atoms with E-state index in [0.717, 1.165) is 34.9 Å². The summed E-state index contributed by atoms with van der Waals surface area (Å²) in [7, 11) is 2.12. The molecule has 1 aliphatic carbocycles. The van der Waals surface area contributed by atoms with Gasteiger partial charge in [-0.05, 0) is 37.0 Å². The Balaban J connectivity index is 1.86. The lowest BCUT2D eigenvalue weighted by atomic mass is 9.89. The summed E-state index contributed by atoms with van der Waals surface area (Å²) in [6.07, 6.45) is 8.47. The molecule has 0 radical (unpaired) electrons. The molecule has 1 aliphatic rings. The fourth-order valence-electron chi connectivity index (χ4n) is 3.21. The largest absolute Gasteiger partial charge is 0.399 e. The van der Waals surface area contributed by atoms with Gasteiger partial charge < -0.3 is 10.6 Å². The molecule has 2 N–H and O–H groups in total. The van der Waals surface area contributed by atoms with E-state index >= 15 is 0 Å². The minimum absolute atomic E-state index is 0.764. The summed E-state index contributed by atoms with van der Waals surface area (Å²) in [5.74, 6) is 1.78. The lowest BCUT2D eigenvalue weighted by Crippen LogP contribution is -2.27. The van der Waals surface area contributed by atoms with Crippen LogP contribution >= 0.6 is 0 Å². The van der Waals surface area contributed by atoms with Crippen LogP contribution in [0, 0.1) is 5.92 Å². The smallest absolute Gasteiger partial charge is 0.139 e. The van der Waals surface area contributed by atoms with Gasteiger partial charge in [0.1, 0.15) is 12.1 Å². The summed E-state index contributed by atoms with van der Waals surface area (Å²) >= 11 is 0. The Bertz CT molecular complexity index is 590. The van der Waals surface area contributed by atoms with Gasteiger partial charge in [-0.25, -0.2) is 9.97 Å². The minimum atomic E-state index is 0.764. The summed E-state index contributed by atoms with van der Waals surface area (Å²) in [6, 6.07) is 5.83. The van der Waals surface area contributed by atoms with E-state index in [9.17, 15) is 0 Å². The third kappa shape index (κ3) is 2.69. The summed E-state index contributed by atoms with van der Waals surface area (Å²) in [4.78, 5) is 11.1. The van der Waals surface area contributed by atoms with Crippen molar-refractivity contribution in [1.29, 1.82) is 0 Å². The molecule has 1 saturated carbocycles. The molecule has 0 atom stereocenters. The maximum absolute atomic E-state index is 5.90. The fraction of sp³-hybridized carbons (Fsp3) is 0.500. The van der Waals surface area contributed by atoms with Crippen molar-refractivity contribution in [2.24, 2.45) is 5.92 Å². The Kier molecular flexibility index (Phi) is 3.72. The number of hydrogen-bond acceptors (Lipinski definition) is 4. The predicted octanol–water partition coefficient (Wildman–Crippen LogP) is 3.23. The van der Waals surface area contributed by atoms with Gasteiger partial charge in [0.2, 0.25) is 0 Å². The topological polar surface area (TPSA) is 55.0 Å². The zero-order valence-corrected chi connectivity index (χ0v) is 12.0. The maximum atomic E-state index is 5.90. The minimum Gasteiger partial charge on any atom is -0.399 e. The van der Waals surface area contributed by atoms with Crippen molar-refractivity contribution in [2.75, 3.05) is 24.2 Å². The SMILES string of the molecule is CN(CC1CCCCC1)c1ncnc2ccc(N)cc12. The van der Waals surface area contributed by atoms with Crippen molar-refractivity contribution < 1.29 is 0 Å². The molecule has 4 nitrogen and oxygen atoms in total. The molecule has 1 aromatic heterocycles. The van der Waals surface area contributed by atoms with Crippen LogP contribution in [-0.2, 0) is 0 Å². The number of fused-ring (bicyclic) bond motifs is 1. The normalized spacial score (nSPS) is 16.4. The molecular weight excluding hydrogens is 248 g/mol. The molecule has 4 heteroatoms. The first-order chi connectivity index (χ1) is 9.74. The molecule has 1 aromatic carbocycles. The van der Waals surface area contributed by atoms with Gasteiger partial charge in [0.05, 0.1) is 5.52 Å². The van der Waals surface area contributed by atoms with Crippen molar-refractivity contribution >= 4 is 22.4 Å². The van der Waals surface area contributed by atoms with Crippen LogP contribution in [0.5, 0.6) is 0 Å². The van der Waals surface area contributed by atoms with Gasteiger partial charge in [0.15, 0.2) is 0 Å². The maximum Gasteiger partial charge on any atom is 0.139 e. The van der Waals surface area contributed by atoms with Crippen molar-refractivity contribution in [2.45, 2.75) is 32.1 Å². The fourth-order valence-corrected chi connectivity index (χ4v) is 3.21. The molecule has 0 bridgehead atoms. The summed E-state index contributed by atoms with van der Waals surface area (Å²) in [5.41, 5.74) is 7.62. The Morgan fingerprint density at radius 3 is 2.80 bits per heavy atom. The van der Waals surface area contributed by atoms with Crippen molar-refractivity contribution in [3.8, 4) is 0 Å². The van der Waals surface area contributed by atoms with Crippen LogP contribution in [0.4, 0.5) is 11.5 Å². The number of aromatic nitrogens is 2. The number of benzene rings is 1.